The van der Waals surface area contributed by atoms with Crippen LogP contribution < -0.4 is 5.32 Å². The molecular formula is C18H26N4O. The smallest absolute Gasteiger partial charge is 0.137 e. The molecule has 0 bridgehead atoms. The number of nitrogens with zero attached hydrogens (tertiary/aromatic N) is 2. The maximum Gasteiger partial charge on any atom is 0.137 e. The highest BCUT2D eigenvalue weighted by Crippen LogP contribution is 2.33. The second-order valence-electron chi connectivity index (χ2n) is 6.97. The van der Waals surface area contributed by atoms with Crippen LogP contribution in [-0.2, 0) is 6.54 Å². The minimum Gasteiger partial charge on any atom is -0.392 e. The summed E-state index contributed by atoms with van der Waals surface area (Å²) in [5.41, 5.74) is 3.78. The van der Waals surface area contributed by atoms with Crippen LogP contribution in [0.4, 0.5) is 0 Å². The van der Waals surface area contributed by atoms with Gasteiger partial charge < -0.3 is 15.4 Å². The lowest BCUT2D eigenvalue weighted by atomic mass is 9.91. The minimum atomic E-state index is -0.172. The maximum absolute atomic E-state index is 9.97. The number of piperidine rings is 2. The van der Waals surface area contributed by atoms with E-state index in [1.165, 1.54) is 29.5 Å². The predicted octanol–water partition coefficient (Wildman–Crippen LogP) is 1.99. The van der Waals surface area contributed by atoms with Gasteiger partial charge in [-0.1, -0.05) is 0 Å². The summed E-state index contributed by atoms with van der Waals surface area (Å²) in [6.45, 7) is 4.97. The second kappa shape index (κ2) is 6.59. The molecule has 1 atom stereocenters. The van der Waals surface area contributed by atoms with Crippen LogP contribution in [0.15, 0.2) is 18.3 Å². The van der Waals surface area contributed by atoms with E-state index in [-0.39, 0.29) is 6.10 Å². The van der Waals surface area contributed by atoms with Crippen LogP contribution in [0.25, 0.3) is 11.0 Å². The molecule has 0 radical (unpaired) electrons. The lowest BCUT2D eigenvalue weighted by Crippen LogP contribution is -2.38. The van der Waals surface area contributed by atoms with Crippen molar-refractivity contribution >= 4 is 11.0 Å². The number of hydrogen-bond acceptors (Lipinski definition) is 4. The third kappa shape index (κ3) is 3.13. The first-order valence-corrected chi connectivity index (χ1v) is 8.88. The summed E-state index contributed by atoms with van der Waals surface area (Å²) in [7, 11) is 0. The number of aromatic amines is 1. The molecule has 0 aromatic carbocycles. The largest absolute Gasteiger partial charge is 0.392 e. The van der Waals surface area contributed by atoms with Gasteiger partial charge in [0, 0.05) is 36.3 Å². The average molecular weight is 314 g/mol. The molecule has 0 amide bonds. The first kappa shape index (κ1) is 15.1. The van der Waals surface area contributed by atoms with Crippen LogP contribution >= 0.6 is 0 Å². The van der Waals surface area contributed by atoms with E-state index in [1.54, 1.807) is 0 Å². The number of nitrogens with one attached hydrogen (secondary N) is 2. The molecule has 0 aliphatic carbocycles. The zero-order chi connectivity index (χ0) is 15.6. The Labute approximate surface area is 137 Å². The van der Waals surface area contributed by atoms with E-state index in [9.17, 15) is 5.11 Å². The van der Waals surface area contributed by atoms with E-state index < -0.39 is 0 Å². The summed E-state index contributed by atoms with van der Waals surface area (Å²) < 4.78 is 0. The van der Waals surface area contributed by atoms with Gasteiger partial charge in [0.15, 0.2) is 0 Å². The van der Waals surface area contributed by atoms with E-state index in [1.807, 2.05) is 12.3 Å². The van der Waals surface area contributed by atoms with Crippen molar-refractivity contribution in [3.8, 4) is 0 Å². The molecule has 5 heteroatoms. The molecule has 0 saturated carbocycles. The van der Waals surface area contributed by atoms with Crippen LogP contribution in [0, 0.1) is 0 Å². The Morgan fingerprint density at radius 2 is 2.13 bits per heavy atom. The summed E-state index contributed by atoms with van der Waals surface area (Å²) in [6, 6.07) is 4.20. The monoisotopic (exact) mass is 314 g/mol. The number of β-amino-alcohol motifs (C(OH)–C–C–N with tert-alkyl or cyclic N) is 1. The van der Waals surface area contributed by atoms with Gasteiger partial charge in [0.2, 0.25) is 0 Å². The van der Waals surface area contributed by atoms with Crippen molar-refractivity contribution in [1.29, 1.82) is 0 Å². The first-order chi connectivity index (χ1) is 11.3. The van der Waals surface area contributed by atoms with Crippen molar-refractivity contribution in [2.45, 2.75) is 44.2 Å². The molecule has 5 nitrogen and oxygen atoms in total. The number of pyridine rings is 1. The molecule has 2 fully saturated rings. The van der Waals surface area contributed by atoms with Crippen LogP contribution in [-0.4, -0.2) is 52.3 Å². The van der Waals surface area contributed by atoms with Crippen LogP contribution in [0.5, 0.6) is 0 Å². The van der Waals surface area contributed by atoms with Gasteiger partial charge in [-0.2, -0.15) is 0 Å². The first-order valence-electron chi connectivity index (χ1n) is 8.88. The van der Waals surface area contributed by atoms with E-state index >= 15 is 0 Å². The SMILES string of the molecule is OC1CCCN(Cc2c(C3CCNCC3)[nH]c3ncccc23)C1. The Morgan fingerprint density at radius 1 is 1.26 bits per heavy atom. The summed E-state index contributed by atoms with van der Waals surface area (Å²) in [6.07, 6.45) is 6.08. The number of H-pyrrole nitrogens is 1. The zero-order valence-electron chi connectivity index (χ0n) is 13.6. The lowest BCUT2D eigenvalue weighted by molar-refractivity contribution is 0.0668. The number of fused-ring (bicyclic) bond motifs is 1. The van der Waals surface area contributed by atoms with Gasteiger partial charge in [-0.05, 0) is 63.0 Å². The predicted molar refractivity (Wildman–Crippen MR) is 91.5 cm³/mol. The Kier molecular flexibility index (Phi) is 4.33. The van der Waals surface area contributed by atoms with Crippen LogP contribution in [0.1, 0.15) is 42.9 Å². The topological polar surface area (TPSA) is 64.2 Å². The fourth-order valence-electron chi connectivity index (χ4n) is 4.12. The van der Waals surface area contributed by atoms with Crippen molar-refractivity contribution in [2.24, 2.45) is 0 Å². The third-order valence-electron chi connectivity index (χ3n) is 5.32. The molecule has 2 aromatic rings. The van der Waals surface area contributed by atoms with E-state index in [0.717, 1.165) is 51.2 Å². The number of rotatable bonds is 3. The van der Waals surface area contributed by atoms with E-state index in [2.05, 4.69) is 26.3 Å². The number of aliphatic hydroxyl groups excluding tert-OH is 1. The summed E-state index contributed by atoms with van der Waals surface area (Å²) in [5.74, 6) is 0.593. The van der Waals surface area contributed by atoms with Crippen LogP contribution in [0.3, 0.4) is 0 Å². The van der Waals surface area contributed by atoms with Crippen molar-refractivity contribution in [3.05, 3.63) is 29.6 Å². The minimum absolute atomic E-state index is 0.172. The van der Waals surface area contributed by atoms with Gasteiger partial charge in [-0.25, -0.2) is 4.98 Å². The molecule has 4 rings (SSSR count). The van der Waals surface area contributed by atoms with Gasteiger partial charge in [0.25, 0.3) is 0 Å². The fraction of sp³-hybridized carbons (Fsp3) is 0.611. The van der Waals surface area contributed by atoms with Crippen molar-refractivity contribution < 1.29 is 5.11 Å². The lowest BCUT2D eigenvalue weighted by Gasteiger charge is -2.31. The molecule has 2 aromatic heterocycles. The summed E-state index contributed by atoms with van der Waals surface area (Å²) >= 11 is 0. The molecule has 2 saturated heterocycles. The maximum atomic E-state index is 9.97. The number of hydrogen-bond donors (Lipinski definition) is 3. The molecule has 2 aliphatic heterocycles. The Hall–Kier alpha value is -1.43. The highest BCUT2D eigenvalue weighted by Gasteiger charge is 2.25. The van der Waals surface area contributed by atoms with Gasteiger partial charge in [-0.3, -0.25) is 4.90 Å². The Bertz CT molecular complexity index is 662. The second-order valence-corrected chi connectivity index (χ2v) is 6.97. The molecular weight excluding hydrogens is 288 g/mol. The summed E-state index contributed by atoms with van der Waals surface area (Å²) in [4.78, 5) is 10.5. The van der Waals surface area contributed by atoms with E-state index in [0.29, 0.717) is 5.92 Å². The van der Waals surface area contributed by atoms with Crippen molar-refractivity contribution in [2.75, 3.05) is 26.2 Å². The quantitative estimate of drug-likeness (QED) is 0.811. The van der Waals surface area contributed by atoms with Gasteiger partial charge in [-0.15, -0.1) is 0 Å². The Balaban J connectivity index is 1.67. The number of likely N-dealkylation sites (tertiary alicyclic amines) is 1. The standard InChI is InChI=1S/C18H26N4O/c23-14-3-2-10-22(11-14)12-16-15-4-1-7-20-18(15)21-17(16)13-5-8-19-9-6-13/h1,4,7,13-14,19,23H,2-3,5-6,8-12H2,(H,20,21). The van der Waals surface area contributed by atoms with Gasteiger partial charge in [0.1, 0.15) is 5.65 Å². The zero-order valence-corrected chi connectivity index (χ0v) is 13.6. The van der Waals surface area contributed by atoms with Gasteiger partial charge >= 0.3 is 0 Å². The van der Waals surface area contributed by atoms with Crippen molar-refractivity contribution in [3.63, 3.8) is 0 Å². The molecule has 0 spiro atoms. The van der Waals surface area contributed by atoms with Crippen LogP contribution in [0.2, 0.25) is 0 Å². The van der Waals surface area contributed by atoms with Crippen molar-refractivity contribution in [1.82, 2.24) is 20.2 Å². The highest BCUT2D eigenvalue weighted by atomic mass is 16.3. The van der Waals surface area contributed by atoms with Gasteiger partial charge in [0.05, 0.1) is 6.10 Å². The Morgan fingerprint density at radius 3 is 2.96 bits per heavy atom. The number of aliphatic hydroxyl groups is 1. The highest BCUT2D eigenvalue weighted by molar-refractivity contribution is 5.81. The number of aromatic nitrogens is 2. The normalized spacial score (nSPS) is 24.3. The fourth-order valence-corrected chi connectivity index (χ4v) is 4.12. The molecule has 3 N–H and O–H groups in total. The molecule has 23 heavy (non-hydrogen) atoms. The molecule has 2 aliphatic rings. The average Bonchev–Trinajstić information content (AvgIpc) is 2.95. The molecule has 4 heterocycles. The molecule has 1 unspecified atom stereocenters. The third-order valence-corrected chi connectivity index (χ3v) is 5.32. The molecule has 124 valence electrons. The van der Waals surface area contributed by atoms with E-state index in [4.69, 9.17) is 0 Å². The summed E-state index contributed by atoms with van der Waals surface area (Å²) in [5, 5.41) is 14.7.